The molecule has 4 rings (SSSR count). The molecule has 0 spiro atoms. The van der Waals surface area contributed by atoms with E-state index < -0.39 is 0 Å². The molecular formula is C23H32N4O3S. The lowest BCUT2D eigenvalue weighted by molar-refractivity contribution is -0.120. The van der Waals surface area contributed by atoms with Crippen molar-refractivity contribution < 1.29 is 14.3 Å². The molecule has 1 aromatic heterocycles. The fraction of sp³-hybridized carbons (Fsp3) is 0.565. The van der Waals surface area contributed by atoms with Gasteiger partial charge in [0.05, 0.1) is 38.5 Å². The first-order chi connectivity index (χ1) is 15.3. The second-order valence-electron chi connectivity index (χ2n) is 8.07. The van der Waals surface area contributed by atoms with Crippen molar-refractivity contribution >= 4 is 17.2 Å². The zero-order chi connectivity index (χ0) is 21.3. The summed E-state index contributed by atoms with van der Waals surface area (Å²) in [4.78, 5) is 21.8. The van der Waals surface area contributed by atoms with E-state index in [1.165, 1.54) is 5.56 Å². The van der Waals surface area contributed by atoms with Crippen LogP contribution in [0.4, 0.5) is 0 Å². The minimum atomic E-state index is 0.0416. The summed E-state index contributed by atoms with van der Waals surface area (Å²) in [6.07, 6.45) is 1.30. The van der Waals surface area contributed by atoms with Crippen LogP contribution in [0.25, 0.3) is 10.6 Å². The molecule has 2 aliphatic heterocycles. The van der Waals surface area contributed by atoms with Crippen LogP contribution in [0.3, 0.4) is 0 Å². The molecule has 1 aromatic carbocycles. The average molecular weight is 445 g/mol. The summed E-state index contributed by atoms with van der Waals surface area (Å²) < 4.78 is 10.8. The number of carbonyl (C=O) groups is 1. The number of benzene rings is 1. The fourth-order valence-corrected chi connectivity index (χ4v) is 4.74. The summed E-state index contributed by atoms with van der Waals surface area (Å²) in [6, 6.07) is 8.56. The first-order valence-electron chi connectivity index (χ1n) is 11.2. The lowest BCUT2D eigenvalue weighted by Gasteiger charge is -2.26. The first-order valence-corrected chi connectivity index (χ1v) is 12.0. The molecule has 2 fully saturated rings. The van der Waals surface area contributed by atoms with Crippen LogP contribution < -0.4 is 5.32 Å². The van der Waals surface area contributed by atoms with Crippen LogP contribution in [0.15, 0.2) is 29.6 Å². The van der Waals surface area contributed by atoms with Crippen LogP contribution in [0.5, 0.6) is 0 Å². The molecule has 7 nitrogen and oxygen atoms in total. The number of thiazole rings is 1. The molecule has 2 aliphatic rings. The van der Waals surface area contributed by atoms with Gasteiger partial charge in [-0.3, -0.25) is 14.6 Å². The van der Waals surface area contributed by atoms with Gasteiger partial charge >= 0.3 is 0 Å². The van der Waals surface area contributed by atoms with E-state index in [0.717, 1.165) is 88.4 Å². The van der Waals surface area contributed by atoms with Gasteiger partial charge in [0, 0.05) is 50.2 Å². The van der Waals surface area contributed by atoms with Gasteiger partial charge in [0.25, 0.3) is 0 Å². The predicted octanol–water partition coefficient (Wildman–Crippen LogP) is 2.02. The van der Waals surface area contributed by atoms with Crippen molar-refractivity contribution in [2.75, 3.05) is 65.7 Å². The second kappa shape index (κ2) is 11.7. The van der Waals surface area contributed by atoms with E-state index >= 15 is 0 Å². The number of carbonyl (C=O) groups excluding carboxylic acids is 1. The SMILES string of the molecule is O=C(Cc1csc(-c2cccc(CN3CCOCC3)c2)n1)NCCCN1CCOCC1. The molecule has 2 aromatic rings. The van der Waals surface area contributed by atoms with Crippen LogP contribution in [-0.4, -0.2) is 86.4 Å². The fourth-order valence-electron chi connectivity index (χ4n) is 3.92. The normalized spacial score (nSPS) is 18.2. The van der Waals surface area contributed by atoms with Crippen LogP contribution in [0.1, 0.15) is 17.7 Å². The quantitative estimate of drug-likeness (QED) is 0.597. The topological polar surface area (TPSA) is 66.9 Å². The van der Waals surface area contributed by atoms with E-state index in [1.54, 1.807) is 11.3 Å². The Morgan fingerprint density at radius 2 is 1.81 bits per heavy atom. The van der Waals surface area contributed by atoms with Crippen molar-refractivity contribution in [1.82, 2.24) is 20.1 Å². The summed E-state index contributed by atoms with van der Waals surface area (Å²) in [5.41, 5.74) is 3.24. The van der Waals surface area contributed by atoms with Crippen molar-refractivity contribution in [3.8, 4) is 10.6 Å². The molecule has 3 heterocycles. The van der Waals surface area contributed by atoms with Crippen LogP contribution >= 0.6 is 11.3 Å². The number of hydrogen-bond donors (Lipinski definition) is 1. The van der Waals surface area contributed by atoms with Crippen molar-refractivity contribution in [1.29, 1.82) is 0 Å². The van der Waals surface area contributed by atoms with Crippen molar-refractivity contribution in [2.24, 2.45) is 0 Å². The summed E-state index contributed by atoms with van der Waals surface area (Å²) >= 11 is 1.60. The molecule has 0 aliphatic carbocycles. The zero-order valence-electron chi connectivity index (χ0n) is 18.1. The molecule has 31 heavy (non-hydrogen) atoms. The Morgan fingerprint density at radius 1 is 1.06 bits per heavy atom. The maximum Gasteiger partial charge on any atom is 0.226 e. The highest BCUT2D eigenvalue weighted by Crippen LogP contribution is 2.25. The van der Waals surface area contributed by atoms with E-state index in [9.17, 15) is 4.79 Å². The molecule has 0 bridgehead atoms. The average Bonchev–Trinajstić information content (AvgIpc) is 3.27. The van der Waals surface area contributed by atoms with E-state index in [2.05, 4.69) is 39.4 Å². The Morgan fingerprint density at radius 3 is 2.58 bits per heavy atom. The van der Waals surface area contributed by atoms with Crippen LogP contribution in [0.2, 0.25) is 0 Å². The number of amides is 1. The van der Waals surface area contributed by atoms with E-state index in [1.807, 2.05) is 5.38 Å². The lowest BCUT2D eigenvalue weighted by Crippen LogP contribution is -2.38. The number of rotatable bonds is 9. The molecule has 1 amide bonds. The molecule has 0 saturated carbocycles. The Labute approximate surface area is 188 Å². The van der Waals surface area contributed by atoms with Crippen molar-refractivity contribution in [3.05, 3.63) is 40.9 Å². The Hall–Kier alpha value is -1.84. The van der Waals surface area contributed by atoms with Crippen LogP contribution in [0, 0.1) is 0 Å². The molecule has 2 saturated heterocycles. The third-order valence-corrected chi connectivity index (χ3v) is 6.59. The standard InChI is InChI=1S/C23H32N4O3S/c28-22(24-5-2-6-26-7-11-29-12-8-26)16-21-18-31-23(25-21)20-4-1-3-19(15-20)17-27-9-13-30-14-10-27/h1,3-4,15,18H,2,5-14,16-17H2,(H,24,28). The Bertz CT molecular complexity index is 832. The summed E-state index contributed by atoms with van der Waals surface area (Å²) in [5.74, 6) is 0.0416. The van der Waals surface area contributed by atoms with Gasteiger partial charge in [-0.05, 0) is 24.6 Å². The Balaban J connectivity index is 1.23. The van der Waals surface area contributed by atoms with E-state index in [0.29, 0.717) is 13.0 Å². The van der Waals surface area contributed by atoms with Gasteiger partial charge in [0.2, 0.25) is 5.91 Å². The summed E-state index contributed by atoms with van der Waals surface area (Å²) in [5, 5.41) is 5.99. The number of morpholine rings is 2. The second-order valence-corrected chi connectivity index (χ2v) is 8.93. The van der Waals surface area contributed by atoms with Gasteiger partial charge in [-0.2, -0.15) is 0 Å². The monoisotopic (exact) mass is 444 g/mol. The number of ether oxygens (including phenoxy) is 2. The van der Waals surface area contributed by atoms with Crippen molar-refractivity contribution in [3.63, 3.8) is 0 Å². The Kier molecular flexibility index (Phi) is 8.43. The molecule has 168 valence electrons. The van der Waals surface area contributed by atoms with Gasteiger partial charge in [0.1, 0.15) is 5.01 Å². The van der Waals surface area contributed by atoms with Crippen LogP contribution in [-0.2, 0) is 27.2 Å². The first kappa shape index (κ1) is 22.4. The lowest BCUT2D eigenvalue weighted by atomic mass is 10.1. The molecule has 0 radical (unpaired) electrons. The highest BCUT2D eigenvalue weighted by atomic mass is 32.1. The largest absolute Gasteiger partial charge is 0.379 e. The predicted molar refractivity (Wildman–Crippen MR) is 122 cm³/mol. The molecule has 8 heteroatoms. The highest BCUT2D eigenvalue weighted by Gasteiger charge is 2.13. The summed E-state index contributed by atoms with van der Waals surface area (Å²) in [6.45, 7) is 9.83. The minimum absolute atomic E-state index is 0.0416. The minimum Gasteiger partial charge on any atom is -0.379 e. The van der Waals surface area contributed by atoms with E-state index in [-0.39, 0.29) is 5.91 Å². The van der Waals surface area contributed by atoms with Gasteiger partial charge in [-0.15, -0.1) is 11.3 Å². The zero-order valence-corrected chi connectivity index (χ0v) is 18.9. The van der Waals surface area contributed by atoms with Crippen molar-refractivity contribution in [2.45, 2.75) is 19.4 Å². The van der Waals surface area contributed by atoms with Gasteiger partial charge < -0.3 is 14.8 Å². The molecule has 0 unspecified atom stereocenters. The van der Waals surface area contributed by atoms with Gasteiger partial charge in [-0.1, -0.05) is 18.2 Å². The maximum absolute atomic E-state index is 12.3. The summed E-state index contributed by atoms with van der Waals surface area (Å²) in [7, 11) is 0. The molecule has 1 N–H and O–H groups in total. The highest BCUT2D eigenvalue weighted by molar-refractivity contribution is 7.13. The molecule has 0 atom stereocenters. The van der Waals surface area contributed by atoms with E-state index in [4.69, 9.17) is 14.5 Å². The number of hydrogen-bond acceptors (Lipinski definition) is 7. The smallest absolute Gasteiger partial charge is 0.226 e. The number of nitrogens with one attached hydrogen (secondary N) is 1. The maximum atomic E-state index is 12.3. The number of aromatic nitrogens is 1. The third-order valence-electron chi connectivity index (χ3n) is 5.65. The number of nitrogens with zero attached hydrogens (tertiary/aromatic N) is 3. The van der Waals surface area contributed by atoms with Gasteiger partial charge in [-0.25, -0.2) is 4.98 Å². The molecular weight excluding hydrogens is 412 g/mol. The van der Waals surface area contributed by atoms with Gasteiger partial charge in [0.15, 0.2) is 0 Å². The third kappa shape index (κ3) is 7.08.